The molecule has 0 bridgehead atoms. The van der Waals surface area contributed by atoms with Crippen LogP contribution < -0.4 is 20.1 Å². The van der Waals surface area contributed by atoms with Crippen LogP contribution in [0.3, 0.4) is 0 Å². The first kappa shape index (κ1) is 30.6. The molecule has 2 aromatic heterocycles. The minimum atomic E-state index is -2.99. The van der Waals surface area contributed by atoms with Crippen molar-refractivity contribution in [3.8, 4) is 29.0 Å². The Morgan fingerprint density at radius 3 is 2.85 bits per heavy atom. The average molecular weight is 693 g/mol. The van der Waals surface area contributed by atoms with Crippen molar-refractivity contribution in [2.45, 2.75) is 56.2 Å². The van der Waals surface area contributed by atoms with Gasteiger partial charge < -0.3 is 24.8 Å². The maximum Gasteiger partial charge on any atom is 0.345 e. The number of nitrogen functional groups attached to an aromatic ring is 1. The van der Waals surface area contributed by atoms with Gasteiger partial charge in [0, 0.05) is 30.5 Å². The third-order valence-corrected chi connectivity index (χ3v) is 11.1. The van der Waals surface area contributed by atoms with Gasteiger partial charge in [-0.25, -0.2) is 13.2 Å². The zero-order valence-corrected chi connectivity index (χ0v) is 26.1. The van der Waals surface area contributed by atoms with Crippen LogP contribution in [0.15, 0.2) is 12.1 Å². The molecule has 6 heterocycles. The van der Waals surface area contributed by atoms with Crippen molar-refractivity contribution >= 4 is 54.7 Å². The minimum absolute atomic E-state index is 0.00386. The summed E-state index contributed by atoms with van der Waals surface area (Å²) in [5.74, 6) is -1.36. The van der Waals surface area contributed by atoms with Crippen LogP contribution in [-0.2, 0) is 4.74 Å². The van der Waals surface area contributed by atoms with E-state index in [2.05, 4.69) is 14.9 Å². The molecule has 2 N–H and O–H groups in total. The van der Waals surface area contributed by atoms with Gasteiger partial charge in [0.2, 0.25) is 0 Å². The molecule has 0 radical (unpaired) electrons. The van der Waals surface area contributed by atoms with E-state index in [1.807, 2.05) is 6.07 Å². The van der Waals surface area contributed by atoms with E-state index in [-0.39, 0.29) is 97.9 Å². The first-order chi connectivity index (χ1) is 22.6. The zero-order chi connectivity index (χ0) is 32.8. The van der Waals surface area contributed by atoms with Gasteiger partial charge in [0.15, 0.2) is 11.6 Å². The number of anilines is 2. The molecule has 47 heavy (non-hydrogen) atoms. The highest BCUT2D eigenvalue weighted by atomic mass is 35.5. The van der Waals surface area contributed by atoms with E-state index in [0.29, 0.717) is 13.0 Å². The molecule has 4 atom stereocenters. The third kappa shape index (κ3) is 4.74. The molecule has 2 aromatic carbocycles. The molecule has 0 aliphatic carbocycles. The van der Waals surface area contributed by atoms with Crippen LogP contribution >= 0.6 is 22.9 Å². The summed E-state index contributed by atoms with van der Waals surface area (Å²) in [6, 6.07) is 3.74. The lowest BCUT2D eigenvalue weighted by molar-refractivity contribution is -0.157. The lowest BCUT2D eigenvalue weighted by Crippen LogP contribution is -2.43. The first-order valence-electron chi connectivity index (χ1n) is 15.1. The van der Waals surface area contributed by atoms with Gasteiger partial charge in [-0.3, -0.25) is 4.90 Å². The SMILES string of the molecule is N#Cc1c(N)sc2c(F)ccc(-c3c(Cl)c4c5c(nc(OC[C@@]67CCCN6C[C@H](F)C7)nc5c3F)N3CC(OC(F)F)CC3CO4)c12. The second kappa shape index (κ2) is 11.2. The number of halogens is 6. The van der Waals surface area contributed by atoms with Crippen LogP contribution in [0, 0.1) is 23.0 Å². The molecular formula is C31H26ClF5N6O3S. The van der Waals surface area contributed by atoms with Gasteiger partial charge in [-0.1, -0.05) is 17.7 Å². The first-order valence-corrected chi connectivity index (χ1v) is 16.3. The Labute approximate surface area is 273 Å². The van der Waals surface area contributed by atoms with E-state index >= 15 is 4.39 Å². The largest absolute Gasteiger partial charge is 0.489 e. The number of thiophene rings is 1. The summed E-state index contributed by atoms with van der Waals surface area (Å²) >= 11 is 7.78. The molecule has 0 saturated carbocycles. The monoisotopic (exact) mass is 692 g/mol. The number of nitriles is 1. The second-order valence-corrected chi connectivity index (χ2v) is 13.8. The molecule has 4 aliphatic rings. The molecular weight excluding hydrogens is 667 g/mol. The Kier molecular flexibility index (Phi) is 7.28. The number of hydrogen-bond acceptors (Lipinski definition) is 10. The topological polar surface area (TPSA) is 110 Å². The smallest absolute Gasteiger partial charge is 0.345 e. The molecule has 246 valence electrons. The van der Waals surface area contributed by atoms with Gasteiger partial charge in [-0.05, 0) is 37.4 Å². The normalized spacial score (nSPS) is 25.3. The van der Waals surface area contributed by atoms with Crippen LogP contribution in [-0.4, -0.2) is 78.2 Å². The number of benzene rings is 2. The number of nitrogens with zero attached hydrogens (tertiary/aromatic N) is 5. The predicted molar refractivity (Wildman–Crippen MR) is 165 cm³/mol. The quantitative estimate of drug-likeness (QED) is 0.229. The maximum atomic E-state index is 17.0. The van der Waals surface area contributed by atoms with E-state index in [0.717, 1.165) is 30.4 Å². The van der Waals surface area contributed by atoms with Crippen LogP contribution in [0.5, 0.6) is 11.8 Å². The molecule has 3 saturated heterocycles. The van der Waals surface area contributed by atoms with E-state index in [4.69, 9.17) is 31.5 Å². The maximum absolute atomic E-state index is 17.0. The van der Waals surface area contributed by atoms with E-state index < -0.39 is 42.1 Å². The van der Waals surface area contributed by atoms with Crippen molar-refractivity contribution in [2.24, 2.45) is 0 Å². The second-order valence-electron chi connectivity index (χ2n) is 12.4. The fourth-order valence-corrected chi connectivity index (χ4v) is 9.03. The van der Waals surface area contributed by atoms with Gasteiger partial charge in [-0.15, -0.1) is 11.3 Å². The van der Waals surface area contributed by atoms with E-state index in [9.17, 15) is 22.8 Å². The molecule has 4 aliphatic heterocycles. The highest BCUT2D eigenvalue weighted by Crippen LogP contribution is 2.52. The lowest BCUT2D eigenvalue weighted by Gasteiger charge is -2.31. The zero-order valence-electron chi connectivity index (χ0n) is 24.5. The molecule has 0 spiro atoms. The summed E-state index contributed by atoms with van der Waals surface area (Å²) in [5.41, 5.74) is 5.14. The third-order valence-electron chi connectivity index (χ3n) is 9.74. The molecule has 8 rings (SSSR count). The highest BCUT2D eigenvalue weighted by Gasteiger charge is 2.49. The highest BCUT2D eigenvalue weighted by molar-refractivity contribution is 7.23. The predicted octanol–water partition coefficient (Wildman–Crippen LogP) is 6.43. The molecule has 16 heteroatoms. The number of nitrogens with two attached hydrogens (primary N) is 1. The Morgan fingerprint density at radius 2 is 2.06 bits per heavy atom. The van der Waals surface area contributed by atoms with Crippen LogP contribution in [0.25, 0.3) is 32.1 Å². The lowest BCUT2D eigenvalue weighted by atomic mass is 9.95. The standard InChI is InChI=1S/C31H26ClF5N6O3S/c32-22-20(16-2-3-18(34)26-19(16)17(8-38)27(39)47-26)23(35)24-21-25(22)44-11-14-6-15(46-29(36)37)10-43(14)28(21)41-30(40-24)45-12-31-4-1-5-42(31)9-13(33)7-31/h2-3,13-15,29H,1,4-7,9-12,39H2/t13-,14?,15?,31+/m1/s1. The van der Waals surface area contributed by atoms with Gasteiger partial charge in [0.25, 0.3) is 0 Å². The summed E-state index contributed by atoms with van der Waals surface area (Å²) in [4.78, 5) is 12.9. The summed E-state index contributed by atoms with van der Waals surface area (Å²) < 4.78 is 90.0. The fourth-order valence-electron chi connectivity index (χ4n) is 7.75. The Bertz CT molecular complexity index is 1990. The van der Waals surface area contributed by atoms with E-state index in [1.165, 1.54) is 6.07 Å². The van der Waals surface area contributed by atoms with Crippen molar-refractivity contribution in [1.29, 1.82) is 5.26 Å². The summed E-state index contributed by atoms with van der Waals surface area (Å²) in [6.07, 6.45) is 0.185. The molecule has 2 unspecified atom stereocenters. The van der Waals surface area contributed by atoms with Gasteiger partial charge in [-0.2, -0.15) is 24.0 Å². The van der Waals surface area contributed by atoms with Crippen molar-refractivity contribution in [3.05, 3.63) is 34.4 Å². The van der Waals surface area contributed by atoms with Crippen molar-refractivity contribution in [1.82, 2.24) is 14.9 Å². The van der Waals surface area contributed by atoms with Crippen LogP contribution in [0.4, 0.5) is 32.8 Å². The van der Waals surface area contributed by atoms with Gasteiger partial charge in [0.05, 0.1) is 38.4 Å². The van der Waals surface area contributed by atoms with Gasteiger partial charge >= 0.3 is 12.6 Å². The number of aromatic nitrogens is 2. The molecule has 4 aromatic rings. The molecule has 0 amide bonds. The fraction of sp³-hybridized carbons (Fsp3) is 0.452. The average Bonchev–Trinajstić information content (AvgIpc) is 3.75. The number of rotatable bonds is 6. The number of alkyl halides is 3. The molecule has 3 fully saturated rings. The summed E-state index contributed by atoms with van der Waals surface area (Å²) in [6.45, 7) is -1.93. The van der Waals surface area contributed by atoms with Gasteiger partial charge in [0.1, 0.15) is 47.6 Å². The minimum Gasteiger partial charge on any atom is -0.489 e. The summed E-state index contributed by atoms with van der Waals surface area (Å²) in [5, 5.41) is 9.95. The summed E-state index contributed by atoms with van der Waals surface area (Å²) in [7, 11) is 0. The Hall–Kier alpha value is -3.71. The number of fused-ring (bicyclic) bond motifs is 4. The van der Waals surface area contributed by atoms with Crippen molar-refractivity contribution < 1.29 is 36.2 Å². The number of ether oxygens (including phenoxy) is 3. The van der Waals surface area contributed by atoms with E-state index in [1.54, 1.807) is 4.90 Å². The van der Waals surface area contributed by atoms with Crippen LogP contribution in [0.2, 0.25) is 5.02 Å². The number of hydrogen-bond donors (Lipinski definition) is 1. The van der Waals surface area contributed by atoms with Crippen LogP contribution in [0.1, 0.15) is 31.2 Å². The Morgan fingerprint density at radius 1 is 1.23 bits per heavy atom. The molecule has 9 nitrogen and oxygen atoms in total. The Balaban J connectivity index is 1.32. The van der Waals surface area contributed by atoms with Crippen molar-refractivity contribution in [3.63, 3.8) is 0 Å². The van der Waals surface area contributed by atoms with Crippen molar-refractivity contribution in [2.75, 3.05) is 43.5 Å².